The summed E-state index contributed by atoms with van der Waals surface area (Å²) in [5, 5.41) is 12.2. The second-order valence-corrected chi connectivity index (χ2v) is 4.76. The second-order valence-electron chi connectivity index (χ2n) is 4.76. The van der Waals surface area contributed by atoms with Gasteiger partial charge < -0.3 is 10.4 Å². The van der Waals surface area contributed by atoms with E-state index < -0.39 is 12.0 Å². The van der Waals surface area contributed by atoms with Crippen molar-refractivity contribution < 1.29 is 9.90 Å². The van der Waals surface area contributed by atoms with E-state index in [1.54, 1.807) is 0 Å². The van der Waals surface area contributed by atoms with Gasteiger partial charge in [0.05, 0.1) is 0 Å². The first-order chi connectivity index (χ1) is 8.00. The molecule has 94 valence electrons. The van der Waals surface area contributed by atoms with Crippen LogP contribution in [0.15, 0.2) is 30.3 Å². The molecule has 0 saturated carbocycles. The molecule has 3 heteroatoms. The zero-order valence-corrected chi connectivity index (χ0v) is 10.7. The van der Waals surface area contributed by atoms with Gasteiger partial charge in [-0.3, -0.25) is 4.79 Å². The van der Waals surface area contributed by atoms with E-state index in [-0.39, 0.29) is 12.0 Å². The lowest BCUT2D eigenvalue weighted by atomic mass is 9.93. The lowest BCUT2D eigenvalue weighted by Crippen LogP contribution is -2.41. The van der Waals surface area contributed by atoms with Gasteiger partial charge in [-0.2, -0.15) is 0 Å². The molecule has 0 spiro atoms. The fourth-order valence-corrected chi connectivity index (χ4v) is 1.91. The lowest BCUT2D eigenvalue weighted by Gasteiger charge is -2.21. The van der Waals surface area contributed by atoms with Crippen molar-refractivity contribution in [3.8, 4) is 0 Å². The van der Waals surface area contributed by atoms with Crippen molar-refractivity contribution >= 4 is 5.97 Å². The summed E-state index contributed by atoms with van der Waals surface area (Å²) in [7, 11) is 0. The number of carbonyl (C=O) groups is 1. The molecule has 2 unspecified atom stereocenters. The molecule has 1 rings (SSSR count). The van der Waals surface area contributed by atoms with Crippen LogP contribution in [0.2, 0.25) is 0 Å². The molecule has 0 aliphatic heterocycles. The first-order valence-electron chi connectivity index (χ1n) is 6.04. The minimum Gasteiger partial charge on any atom is -0.480 e. The standard InChI is InChI=1S/C14H21NO2/c1-10(2)15-13(14(16)17)9-11(3)12-7-5-4-6-8-12/h4-8,10-11,13,15H,9H2,1-3H3,(H,16,17). The summed E-state index contributed by atoms with van der Waals surface area (Å²) in [6.07, 6.45) is 0.609. The van der Waals surface area contributed by atoms with Gasteiger partial charge in [0.25, 0.3) is 0 Å². The zero-order valence-electron chi connectivity index (χ0n) is 10.7. The second kappa shape index (κ2) is 6.40. The minimum atomic E-state index is -0.776. The van der Waals surface area contributed by atoms with Crippen LogP contribution in [0.3, 0.4) is 0 Å². The third-order valence-electron chi connectivity index (χ3n) is 2.79. The molecule has 0 aromatic heterocycles. The quantitative estimate of drug-likeness (QED) is 0.797. The van der Waals surface area contributed by atoms with Crippen LogP contribution >= 0.6 is 0 Å². The number of hydrogen-bond acceptors (Lipinski definition) is 2. The molecular weight excluding hydrogens is 214 g/mol. The molecule has 0 heterocycles. The summed E-state index contributed by atoms with van der Waals surface area (Å²) >= 11 is 0. The van der Waals surface area contributed by atoms with Crippen LogP contribution in [0.25, 0.3) is 0 Å². The van der Waals surface area contributed by atoms with Gasteiger partial charge >= 0.3 is 5.97 Å². The number of benzene rings is 1. The van der Waals surface area contributed by atoms with Crippen LogP contribution in [0.1, 0.15) is 38.7 Å². The van der Waals surface area contributed by atoms with Crippen LogP contribution in [-0.4, -0.2) is 23.2 Å². The Bertz CT molecular complexity index is 348. The van der Waals surface area contributed by atoms with Crippen molar-refractivity contribution in [1.82, 2.24) is 5.32 Å². The highest BCUT2D eigenvalue weighted by Crippen LogP contribution is 2.20. The molecule has 2 atom stereocenters. The summed E-state index contributed by atoms with van der Waals surface area (Å²) in [5.41, 5.74) is 1.18. The summed E-state index contributed by atoms with van der Waals surface area (Å²) < 4.78 is 0. The predicted molar refractivity (Wildman–Crippen MR) is 69.2 cm³/mol. The zero-order chi connectivity index (χ0) is 12.8. The first kappa shape index (κ1) is 13.7. The van der Waals surface area contributed by atoms with Gasteiger partial charge in [0.2, 0.25) is 0 Å². The summed E-state index contributed by atoms with van der Waals surface area (Å²) in [6.45, 7) is 5.99. The highest BCUT2D eigenvalue weighted by molar-refractivity contribution is 5.73. The average Bonchev–Trinajstić information content (AvgIpc) is 2.28. The number of carboxylic acid groups (broad SMARTS) is 1. The Morgan fingerprint density at radius 1 is 1.24 bits per heavy atom. The number of aliphatic carboxylic acids is 1. The van der Waals surface area contributed by atoms with Gasteiger partial charge in [-0.05, 0) is 17.9 Å². The van der Waals surface area contributed by atoms with Crippen LogP contribution in [-0.2, 0) is 4.79 Å². The van der Waals surface area contributed by atoms with E-state index in [1.165, 1.54) is 5.56 Å². The Kier molecular flexibility index (Phi) is 5.16. The van der Waals surface area contributed by atoms with Crippen LogP contribution in [0, 0.1) is 0 Å². The summed E-state index contributed by atoms with van der Waals surface area (Å²) in [4.78, 5) is 11.1. The third kappa shape index (κ3) is 4.57. The largest absolute Gasteiger partial charge is 0.480 e. The van der Waals surface area contributed by atoms with E-state index >= 15 is 0 Å². The van der Waals surface area contributed by atoms with Crippen LogP contribution < -0.4 is 5.32 Å². The average molecular weight is 235 g/mol. The Labute approximate surface area is 103 Å². The van der Waals surface area contributed by atoms with E-state index in [0.717, 1.165) is 0 Å². The summed E-state index contributed by atoms with van der Waals surface area (Å²) in [5.74, 6) is -0.537. The maximum Gasteiger partial charge on any atom is 0.320 e. The molecule has 1 aromatic carbocycles. The maximum atomic E-state index is 11.1. The fourth-order valence-electron chi connectivity index (χ4n) is 1.91. The molecule has 0 aliphatic carbocycles. The molecule has 0 bridgehead atoms. The molecule has 2 N–H and O–H groups in total. The molecule has 1 aromatic rings. The Balaban J connectivity index is 2.64. The van der Waals surface area contributed by atoms with Gasteiger partial charge in [-0.15, -0.1) is 0 Å². The molecule has 0 saturated heterocycles. The molecule has 3 nitrogen and oxygen atoms in total. The van der Waals surface area contributed by atoms with Crippen molar-refractivity contribution in [3.05, 3.63) is 35.9 Å². The molecule has 0 amide bonds. The highest BCUT2D eigenvalue weighted by Gasteiger charge is 2.21. The highest BCUT2D eigenvalue weighted by atomic mass is 16.4. The molecule has 0 aliphatic rings. The minimum absolute atomic E-state index is 0.180. The SMILES string of the molecule is CC(C)NC(CC(C)c1ccccc1)C(=O)O. The topological polar surface area (TPSA) is 49.3 Å². The van der Waals surface area contributed by atoms with Crippen molar-refractivity contribution in [2.75, 3.05) is 0 Å². The van der Waals surface area contributed by atoms with E-state index in [4.69, 9.17) is 5.11 Å². The molecule has 17 heavy (non-hydrogen) atoms. The van der Waals surface area contributed by atoms with Gasteiger partial charge in [0.15, 0.2) is 0 Å². The first-order valence-corrected chi connectivity index (χ1v) is 6.04. The van der Waals surface area contributed by atoms with Crippen molar-refractivity contribution in [3.63, 3.8) is 0 Å². The number of rotatable bonds is 6. The Morgan fingerprint density at radius 2 is 1.82 bits per heavy atom. The Morgan fingerprint density at radius 3 is 2.29 bits per heavy atom. The van der Waals surface area contributed by atoms with Crippen molar-refractivity contribution in [1.29, 1.82) is 0 Å². The van der Waals surface area contributed by atoms with Crippen LogP contribution in [0.5, 0.6) is 0 Å². The van der Waals surface area contributed by atoms with E-state index in [9.17, 15) is 4.79 Å². The predicted octanol–water partition coefficient (Wildman–Crippen LogP) is 2.63. The lowest BCUT2D eigenvalue weighted by molar-refractivity contribution is -0.140. The maximum absolute atomic E-state index is 11.1. The van der Waals surface area contributed by atoms with E-state index in [0.29, 0.717) is 6.42 Å². The number of nitrogens with one attached hydrogen (secondary N) is 1. The summed E-state index contributed by atoms with van der Waals surface area (Å²) in [6, 6.07) is 9.72. The molecule has 0 fully saturated rings. The normalized spacial score (nSPS) is 14.6. The van der Waals surface area contributed by atoms with E-state index in [1.807, 2.05) is 44.2 Å². The Hall–Kier alpha value is -1.35. The van der Waals surface area contributed by atoms with Gasteiger partial charge in [-0.1, -0.05) is 51.1 Å². The van der Waals surface area contributed by atoms with Crippen molar-refractivity contribution in [2.24, 2.45) is 0 Å². The van der Waals surface area contributed by atoms with Crippen molar-refractivity contribution in [2.45, 2.75) is 45.2 Å². The third-order valence-corrected chi connectivity index (χ3v) is 2.79. The number of carboxylic acids is 1. The fraction of sp³-hybridized carbons (Fsp3) is 0.500. The van der Waals surface area contributed by atoms with E-state index in [2.05, 4.69) is 12.2 Å². The van der Waals surface area contributed by atoms with Crippen LogP contribution in [0.4, 0.5) is 0 Å². The van der Waals surface area contributed by atoms with Gasteiger partial charge in [0, 0.05) is 6.04 Å². The van der Waals surface area contributed by atoms with Gasteiger partial charge in [0.1, 0.15) is 6.04 Å². The number of hydrogen-bond donors (Lipinski definition) is 2. The molecular formula is C14H21NO2. The monoisotopic (exact) mass is 235 g/mol. The molecule has 0 radical (unpaired) electrons. The smallest absolute Gasteiger partial charge is 0.320 e. The van der Waals surface area contributed by atoms with Gasteiger partial charge in [-0.25, -0.2) is 0 Å².